The van der Waals surface area contributed by atoms with Gasteiger partial charge in [-0.3, -0.25) is 10.2 Å². The van der Waals surface area contributed by atoms with Crippen LogP contribution >= 0.6 is 0 Å². The molecule has 16 heavy (non-hydrogen) atoms. The predicted octanol–water partition coefficient (Wildman–Crippen LogP) is 0.436. The highest BCUT2D eigenvalue weighted by Crippen LogP contribution is 2.08. The molecule has 0 fully saturated rings. The second kappa shape index (κ2) is 7.00. The second-order valence-corrected chi connectivity index (χ2v) is 2.99. The zero-order valence-electron chi connectivity index (χ0n) is 9.19. The number of nitrogens with two attached hydrogens (primary N) is 1. The molecule has 0 aromatic carbocycles. The summed E-state index contributed by atoms with van der Waals surface area (Å²) in [4.78, 5) is 11.1. The number of rotatable bonds is 7. The Hall–Kier alpha value is -1.37. The molecule has 0 aliphatic carbocycles. The van der Waals surface area contributed by atoms with E-state index in [1.54, 1.807) is 12.1 Å². The van der Waals surface area contributed by atoms with Gasteiger partial charge in [-0.2, -0.15) is 0 Å². The summed E-state index contributed by atoms with van der Waals surface area (Å²) in [5.41, 5.74) is 1.99. The lowest BCUT2D eigenvalue weighted by molar-refractivity contribution is 0.0386. The molecule has 3 N–H and O–H groups in total. The van der Waals surface area contributed by atoms with E-state index in [1.165, 1.54) is 0 Å². The quantitative estimate of drug-likeness (QED) is 0.306. The SMILES string of the molecule is CCOCCOCc1ccc(C(=O)NN)o1. The summed E-state index contributed by atoms with van der Waals surface area (Å²) in [6.45, 7) is 3.94. The summed E-state index contributed by atoms with van der Waals surface area (Å²) in [5, 5.41) is 0. The normalized spacial score (nSPS) is 10.4. The highest BCUT2D eigenvalue weighted by Gasteiger charge is 2.08. The summed E-state index contributed by atoms with van der Waals surface area (Å²) in [5.74, 6) is 5.25. The first-order valence-electron chi connectivity index (χ1n) is 5.03. The highest BCUT2D eigenvalue weighted by atomic mass is 16.5. The molecule has 1 aromatic rings. The molecule has 0 unspecified atom stereocenters. The van der Waals surface area contributed by atoms with Gasteiger partial charge in [-0.05, 0) is 19.1 Å². The molecule has 1 rings (SSSR count). The van der Waals surface area contributed by atoms with Crippen molar-refractivity contribution < 1.29 is 18.7 Å². The molecule has 0 aliphatic rings. The number of hydrazine groups is 1. The Labute approximate surface area is 93.7 Å². The van der Waals surface area contributed by atoms with Gasteiger partial charge in [0.15, 0.2) is 5.76 Å². The molecule has 0 bridgehead atoms. The van der Waals surface area contributed by atoms with Gasteiger partial charge < -0.3 is 13.9 Å². The highest BCUT2D eigenvalue weighted by molar-refractivity contribution is 5.90. The standard InChI is InChI=1S/C10H16N2O4/c1-2-14-5-6-15-7-8-3-4-9(16-8)10(13)12-11/h3-4H,2,5-7,11H2,1H3,(H,12,13). The summed E-state index contributed by atoms with van der Waals surface area (Å²) < 4.78 is 15.5. The predicted molar refractivity (Wildman–Crippen MR) is 56.5 cm³/mol. The van der Waals surface area contributed by atoms with E-state index in [9.17, 15) is 4.79 Å². The van der Waals surface area contributed by atoms with Crippen molar-refractivity contribution in [1.29, 1.82) is 0 Å². The molecule has 0 atom stereocenters. The monoisotopic (exact) mass is 228 g/mol. The molecule has 1 amide bonds. The van der Waals surface area contributed by atoms with Crippen LogP contribution in [0.4, 0.5) is 0 Å². The summed E-state index contributed by atoms with van der Waals surface area (Å²) in [6, 6.07) is 3.22. The van der Waals surface area contributed by atoms with Gasteiger partial charge in [-0.15, -0.1) is 0 Å². The summed E-state index contributed by atoms with van der Waals surface area (Å²) >= 11 is 0. The lowest BCUT2D eigenvalue weighted by Crippen LogP contribution is -2.29. The fraction of sp³-hybridized carbons (Fsp3) is 0.500. The van der Waals surface area contributed by atoms with Gasteiger partial charge in [-0.25, -0.2) is 5.84 Å². The van der Waals surface area contributed by atoms with Crippen LogP contribution in [0.1, 0.15) is 23.2 Å². The minimum absolute atomic E-state index is 0.172. The maximum Gasteiger partial charge on any atom is 0.300 e. The molecular formula is C10H16N2O4. The molecular weight excluding hydrogens is 212 g/mol. The van der Waals surface area contributed by atoms with Crippen LogP contribution in [0, 0.1) is 0 Å². The van der Waals surface area contributed by atoms with Gasteiger partial charge in [0.05, 0.1) is 13.2 Å². The van der Waals surface area contributed by atoms with Crippen LogP contribution < -0.4 is 11.3 Å². The third-order valence-corrected chi connectivity index (χ3v) is 1.84. The maximum atomic E-state index is 11.1. The van der Waals surface area contributed by atoms with E-state index in [2.05, 4.69) is 0 Å². The van der Waals surface area contributed by atoms with Crippen molar-refractivity contribution in [3.8, 4) is 0 Å². The Morgan fingerprint density at radius 3 is 2.88 bits per heavy atom. The second-order valence-electron chi connectivity index (χ2n) is 2.99. The smallest absolute Gasteiger partial charge is 0.300 e. The molecule has 0 spiro atoms. The first-order chi connectivity index (χ1) is 7.77. The van der Waals surface area contributed by atoms with E-state index < -0.39 is 5.91 Å². The van der Waals surface area contributed by atoms with Crippen LogP contribution in [-0.4, -0.2) is 25.7 Å². The van der Waals surface area contributed by atoms with Crippen LogP contribution in [0.15, 0.2) is 16.5 Å². The van der Waals surface area contributed by atoms with Crippen LogP contribution in [0.3, 0.4) is 0 Å². The van der Waals surface area contributed by atoms with E-state index in [0.717, 1.165) is 0 Å². The van der Waals surface area contributed by atoms with Crippen LogP contribution in [0.5, 0.6) is 0 Å². The van der Waals surface area contributed by atoms with Crippen molar-refractivity contribution in [2.24, 2.45) is 5.84 Å². The average molecular weight is 228 g/mol. The van der Waals surface area contributed by atoms with Gasteiger partial charge >= 0.3 is 5.91 Å². The number of carbonyl (C=O) groups is 1. The topological polar surface area (TPSA) is 86.7 Å². The summed E-state index contributed by atoms with van der Waals surface area (Å²) in [6.07, 6.45) is 0. The Kier molecular flexibility index (Phi) is 5.55. The van der Waals surface area contributed by atoms with Crippen LogP contribution in [-0.2, 0) is 16.1 Å². The van der Waals surface area contributed by atoms with Crippen LogP contribution in [0.25, 0.3) is 0 Å². The van der Waals surface area contributed by atoms with Gasteiger partial charge in [0.2, 0.25) is 0 Å². The molecule has 0 saturated heterocycles. The lowest BCUT2D eigenvalue weighted by atomic mass is 10.4. The Morgan fingerprint density at radius 1 is 1.44 bits per heavy atom. The Bertz CT molecular complexity index is 324. The maximum absolute atomic E-state index is 11.1. The zero-order chi connectivity index (χ0) is 11.8. The van der Waals surface area contributed by atoms with Crippen LogP contribution in [0.2, 0.25) is 0 Å². The van der Waals surface area contributed by atoms with E-state index >= 15 is 0 Å². The number of hydrogen-bond acceptors (Lipinski definition) is 5. The molecule has 0 saturated carbocycles. The number of hydrogen-bond donors (Lipinski definition) is 2. The van der Waals surface area contributed by atoms with E-state index in [-0.39, 0.29) is 5.76 Å². The van der Waals surface area contributed by atoms with Crippen molar-refractivity contribution in [2.75, 3.05) is 19.8 Å². The van der Waals surface area contributed by atoms with Gasteiger partial charge in [0.25, 0.3) is 0 Å². The molecule has 0 aliphatic heterocycles. The third kappa shape index (κ3) is 4.01. The first-order valence-corrected chi connectivity index (χ1v) is 5.03. The van der Waals surface area contributed by atoms with E-state index in [4.69, 9.17) is 19.7 Å². The van der Waals surface area contributed by atoms with Crippen molar-refractivity contribution in [1.82, 2.24) is 5.43 Å². The van der Waals surface area contributed by atoms with Gasteiger partial charge in [0.1, 0.15) is 12.4 Å². The minimum Gasteiger partial charge on any atom is -0.453 e. The molecule has 0 radical (unpaired) electrons. The first kappa shape index (κ1) is 12.7. The third-order valence-electron chi connectivity index (χ3n) is 1.84. The number of carbonyl (C=O) groups excluding carboxylic acids is 1. The minimum atomic E-state index is -0.458. The van der Waals surface area contributed by atoms with Crippen molar-refractivity contribution in [3.05, 3.63) is 23.7 Å². The number of nitrogens with one attached hydrogen (secondary N) is 1. The number of amides is 1. The van der Waals surface area contributed by atoms with E-state index in [1.807, 2.05) is 12.3 Å². The fourth-order valence-electron chi connectivity index (χ4n) is 1.08. The summed E-state index contributed by atoms with van der Waals surface area (Å²) in [7, 11) is 0. The average Bonchev–Trinajstić information content (AvgIpc) is 2.76. The van der Waals surface area contributed by atoms with Gasteiger partial charge in [-0.1, -0.05) is 0 Å². The fourth-order valence-corrected chi connectivity index (χ4v) is 1.08. The Balaban J connectivity index is 2.27. The van der Waals surface area contributed by atoms with E-state index in [0.29, 0.717) is 32.2 Å². The number of nitrogen functional groups attached to an aromatic ring is 1. The lowest BCUT2D eigenvalue weighted by Gasteiger charge is -2.01. The number of ether oxygens (including phenoxy) is 2. The Morgan fingerprint density at radius 2 is 2.19 bits per heavy atom. The molecule has 6 nitrogen and oxygen atoms in total. The zero-order valence-corrected chi connectivity index (χ0v) is 9.19. The van der Waals surface area contributed by atoms with Crippen molar-refractivity contribution in [2.45, 2.75) is 13.5 Å². The molecule has 1 heterocycles. The largest absolute Gasteiger partial charge is 0.453 e. The van der Waals surface area contributed by atoms with Gasteiger partial charge in [0, 0.05) is 6.61 Å². The molecule has 90 valence electrons. The van der Waals surface area contributed by atoms with Crippen molar-refractivity contribution >= 4 is 5.91 Å². The van der Waals surface area contributed by atoms with Crippen molar-refractivity contribution in [3.63, 3.8) is 0 Å². The molecule has 1 aromatic heterocycles. The number of furan rings is 1. The molecule has 6 heteroatoms.